The van der Waals surface area contributed by atoms with E-state index in [1.165, 1.54) is 11.8 Å². The van der Waals surface area contributed by atoms with Gasteiger partial charge in [0.1, 0.15) is 5.75 Å². The van der Waals surface area contributed by atoms with Crippen LogP contribution in [0.2, 0.25) is 0 Å². The maximum atomic E-state index is 12.1. The topological polar surface area (TPSA) is 76.0 Å². The zero-order chi connectivity index (χ0) is 17.2. The Morgan fingerprint density at radius 1 is 1.38 bits per heavy atom. The van der Waals surface area contributed by atoms with E-state index >= 15 is 0 Å². The van der Waals surface area contributed by atoms with Gasteiger partial charge in [0.05, 0.1) is 17.5 Å². The Kier molecular flexibility index (Phi) is 4.96. The molecule has 1 aromatic rings. The van der Waals surface area contributed by atoms with E-state index in [-0.39, 0.29) is 29.4 Å². The van der Waals surface area contributed by atoms with Crippen LogP contribution in [0.1, 0.15) is 0 Å². The summed E-state index contributed by atoms with van der Waals surface area (Å²) in [6.45, 7) is 4.02. The van der Waals surface area contributed by atoms with E-state index < -0.39 is 15.7 Å². The number of para-hydroxylation sites is 1. The summed E-state index contributed by atoms with van der Waals surface area (Å²) in [5.41, 5.74) is 0. The molecule has 2 aliphatic heterocycles. The van der Waals surface area contributed by atoms with Gasteiger partial charge in [0.15, 0.2) is 21.6 Å². The molecule has 1 aromatic carbocycles. The number of amidine groups is 1. The van der Waals surface area contributed by atoms with Crippen molar-refractivity contribution < 1.29 is 17.9 Å². The van der Waals surface area contributed by atoms with Gasteiger partial charge < -0.3 is 9.64 Å². The second-order valence-corrected chi connectivity index (χ2v) is 8.99. The van der Waals surface area contributed by atoms with Crippen molar-refractivity contribution in [1.82, 2.24) is 4.90 Å². The van der Waals surface area contributed by atoms with Crippen molar-refractivity contribution in [1.29, 1.82) is 0 Å². The number of aliphatic imine (C=N–C) groups is 1. The average Bonchev–Trinajstić information content (AvgIpc) is 2.99. The van der Waals surface area contributed by atoms with Crippen LogP contribution in [0.3, 0.4) is 0 Å². The predicted octanol–water partition coefficient (Wildman–Crippen LogP) is 1.35. The van der Waals surface area contributed by atoms with Crippen LogP contribution in [0, 0.1) is 0 Å². The monoisotopic (exact) mass is 366 g/mol. The molecule has 0 aliphatic carbocycles. The second kappa shape index (κ2) is 6.98. The van der Waals surface area contributed by atoms with Gasteiger partial charge in [0.2, 0.25) is 0 Å². The Morgan fingerprint density at radius 3 is 2.83 bits per heavy atom. The summed E-state index contributed by atoms with van der Waals surface area (Å²) in [4.78, 5) is 18.0. The summed E-state index contributed by atoms with van der Waals surface area (Å²) in [7, 11) is -3.02. The highest BCUT2D eigenvalue weighted by Crippen LogP contribution is 2.37. The highest BCUT2D eigenvalue weighted by molar-refractivity contribution is 8.15. The number of carbonyl (C=O) groups is 1. The Bertz CT molecular complexity index is 762. The predicted molar refractivity (Wildman–Crippen MR) is 95.1 cm³/mol. The van der Waals surface area contributed by atoms with Crippen molar-refractivity contribution in [2.24, 2.45) is 4.99 Å². The highest BCUT2D eigenvalue weighted by atomic mass is 32.2. The van der Waals surface area contributed by atoms with Crippen molar-refractivity contribution in [3.05, 3.63) is 43.0 Å². The van der Waals surface area contributed by atoms with Gasteiger partial charge in [-0.05, 0) is 12.1 Å². The summed E-state index contributed by atoms with van der Waals surface area (Å²) in [5, 5.41) is 0.484. The lowest BCUT2D eigenvalue weighted by Gasteiger charge is -2.22. The third-order valence-electron chi connectivity index (χ3n) is 3.83. The lowest BCUT2D eigenvalue weighted by molar-refractivity contribution is -0.119. The minimum absolute atomic E-state index is 0.0726. The molecule has 2 saturated heterocycles. The Hall–Kier alpha value is -1.80. The molecule has 3 rings (SSSR count). The zero-order valence-electron chi connectivity index (χ0n) is 13.0. The molecule has 0 aromatic heterocycles. The fraction of sp³-hybridized carbons (Fsp3) is 0.375. The fourth-order valence-electron chi connectivity index (χ4n) is 2.79. The van der Waals surface area contributed by atoms with E-state index in [0.717, 1.165) is 0 Å². The van der Waals surface area contributed by atoms with E-state index in [2.05, 4.69) is 11.6 Å². The second-order valence-electron chi connectivity index (χ2n) is 5.63. The summed E-state index contributed by atoms with van der Waals surface area (Å²) in [6.07, 6.45) is 1.69. The molecule has 6 nitrogen and oxygen atoms in total. The van der Waals surface area contributed by atoms with Crippen LogP contribution < -0.4 is 4.74 Å². The molecule has 0 bridgehead atoms. The van der Waals surface area contributed by atoms with E-state index in [4.69, 9.17) is 4.74 Å². The number of nitrogens with zero attached hydrogens (tertiary/aromatic N) is 2. The first-order valence-corrected chi connectivity index (χ1v) is 10.2. The largest absolute Gasteiger partial charge is 0.484 e. The molecule has 1 amide bonds. The van der Waals surface area contributed by atoms with Crippen LogP contribution in [0.15, 0.2) is 48.0 Å². The van der Waals surface area contributed by atoms with E-state index in [9.17, 15) is 13.2 Å². The van der Waals surface area contributed by atoms with Crippen LogP contribution in [0.5, 0.6) is 5.75 Å². The third-order valence-corrected chi connectivity index (χ3v) is 7.07. The molecule has 0 spiro atoms. The van der Waals surface area contributed by atoms with Gasteiger partial charge in [-0.3, -0.25) is 4.79 Å². The molecule has 0 radical (unpaired) electrons. The number of fused-ring (bicyclic) bond motifs is 1. The zero-order valence-corrected chi connectivity index (χ0v) is 14.6. The molecular weight excluding hydrogens is 348 g/mol. The minimum atomic E-state index is -3.02. The number of rotatable bonds is 5. The minimum Gasteiger partial charge on any atom is -0.484 e. The molecule has 0 N–H and O–H groups in total. The van der Waals surface area contributed by atoms with Gasteiger partial charge in [-0.2, -0.15) is 4.99 Å². The molecule has 0 unspecified atom stereocenters. The van der Waals surface area contributed by atoms with Crippen molar-refractivity contribution >= 4 is 32.7 Å². The first kappa shape index (κ1) is 17.0. The number of sulfone groups is 1. The summed E-state index contributed by atoms with van der Waals surface area (Å²) in [5.74, 6) is 0.449. The highest BCUT2D eigenvalue weighted by Gasteiger charge is 2.48. The van der Waals surface area contributed by atoms with E-state index in [0.29, 0.717) is 17.5 Å². The standard InChI is InChI=1S/C16H18N2O4S2/c1-2-8-18-13-10-24(20,21)11-14(13)23-16(18)17-15(19)9-22-12-6-4-3-5-7-12/h2-7,13-14H,1,8-11H2/t13-,14-/m1/s1. The smallest absolute Gasteiger partial charge is 0.285 e. The van der Waals surface area contributed by atoms with Crippen LogP contribution in [0.4, 0.5) is 0 Å². The molecule has 2 heterocycles. The molecule has 24 heavy (non-hydrogen) atoms. The number of amides is 1. The molecule has 2 atom stereocenters. The summed E-state index contributed by atoms with van der Waals surface area (Å²) < 4.78 is 29.0. The first-order valence-electron chi connectivity index (χ1n) is 7.52. The Morgan fingerprint density at radius 2 is 2.12 bits per heavy atom. The molecule has 128 valence electrons. The van der Waals surface area contributed by atoms with Gasteiger partial charge in [-0.1, -0.05) is 36.0 Å². The van der Waals surface area contributed by atoms with E-state index in [1.54, 1.807) is 18.2 Å². The normalized spacial score (nSPS) is 26.3. The van der Waals surface area contributed by atoms with Crippen molar-refractivity contribution in [2.75, 3.05) is 24.7 Å². The number of hydrogen-bond acceptors (Lipinski definition) is 5. The van der Waals surface area contributed by atoms with E-state index in [1.807, 2.05) is 23.1 Å². The lowest BCUT2D eigenvalue weighted by atomic mass is 10.2. The number of benzene rings is 1. The molecular formula is C16H18N2O4S2. The number of ether oxygens (including phenoxy) is 1. The fourth-order valence-corrected chi connectivity index (χ4v) is 6.77. The lowest BCUT2D eigenvalue weighted by Crippen LogP contribution is -2.37. The summed E-state index contributed by atoms with van der Waals surface area (Å²) in [6, 6.07) is 8.91. The van der Waals surface area contributed by atoms with Crippen LogP contribution in [-0.4, -0.2) is 60.3 Å². The SMILES string of the molecule is C=CCN1C(=NC(=O)COc2ccccc2)S[C@@H]2CS(=O)(=O)C[C@H]21. The molecule has 0 saturated carbocycles. The molecule has 8 heteroatoms. The third kappa shape index (κ3) is 3.81. The number of carbonyl (C=O) groups excluding carboxylic acids is 1. The van der Waals surface area contributed by atoms with Gasteiger partial charge in [0, 0.05) is 11.8 Å². The van der Waals surface area contributed by atoms with Gasteiger partial charge in [-0.15, -0.1) is 6.58 Å². The Balaban J connectivity index is 1.67. The maximum absolute atomic E-state index is 12.1. The van der Waals surface area contributed by atoms with Crippen molar-refractivity contribution in [2.45, 2.75) is 11.3 Å². The number of hydrogen-bond donors (Lipinski definition) is 0. The Labute approximate surface area is 145 Å². The van der Waals surface area contributed by atoms with Gasteiger partial charge in [0.25, 0.3) is 5.91 Å². The van der Waals surface area contributed by atoms with Crippen molar-refractivity contribution in [3.63, 3.8) is 0 Å². The average molecular weight is 366 g/mol. The van der Waals surface area contributed by atoms with Crippen LogP contribution >= 0.6 is 11.8 Å². The summed E-state index contributed by atoms with van der Waals surface area (Å²) >= 11 is 1.35. The van der Waals surface area contributed by atoms with Gasteiger partial charge >= 0.3 is 0 Å². The van der Waals surface area contributed by atoms with Crippen molar-refractivity contribution in [3.8, 4) is 5.75 Å². The number of thioether (sulfide) groups is 1. The van der Waals surface area contributed by atoms with Gasteiger partial charge in [-0.25, -0.2) is 8.42 Å². The molecule has 2 aliphatic rings. The first-order chi connectivity index (χ1) is 11.5. The molecule has 2 fully saturated rings. The quantitative estimate of drug-likeness (QED) is 0.732. The van der Waals surface area contributed by atoms with Crippen LogP contribution in [-0.2, 0) is 14.6 Å². The van der Waals surface area contributed by atoms with Crippen LogP contribution in [0.25, 0.3) is 0 Å². The maximum Gasteiger partial charge on any atom is 0.285 e.